The van der Waals surface area contributed by atoms with Crippen LogP contribution in [0.4, 0.5) is 0 Å². The number of rotatable bonds is 5. The lowest BCUT2D eigenvalue weighted by molar-refractivity contribution is -0.121. The molecule has 2 atom stereocenters. The van der Waals surface area contributed by atoms with Crippen LogP contribution < -0.4 is 10.6 Å². The quantitative estimate of drug-likeness (QED) is 0.799. The smallest absolute Gasteiger partial charge is 0.237 e. The topological polar surface area (TPSA) is 41.1 Å². The van der Waals surface area contributed by atoms with Crippen molar-refractivity contribution in [3.8, 4) is 11.1 Å². The normalized spacial score (nSPS) is 23.3. The van der Waals surface area contributed by atoms with Crippen molar-refractivity contribution in [2.75, 3.05) is 12.3 Å². The molecule has 4 rings (SSSR count). The Kier molecular flexibility index (Phi) is 5.53. The average Bonchev–Trinajstić information content (AvgIpc) is 3.48. The van der Waals surface area contributed by atoms with Gasteiger partial charge in [-0.15, -0.1) is 11.8 Å². The van der Waals surface area contributed by atoms with E-state index in [-0.39, 0.29) is 17.2 Å². The highest BCUT2D eigenvalue weighted by atomic mass is 35.5. The van der Waals surface area contributed by atoms with Crippen LogP contribution in [0.3, 0.4) is 0 Å². The second kappa shape index (κ2) is 8.03. The Labute approximate surface area is 163 Å². The molecule has 1 amide bonds. The van der Waals surface area contributed by atoms with Crippen LogP contribution >= 0.6 is 23.4 Å². The molecule has 1 saturated heterocycles. The van der Waals surface area contributed by atoms with Gasteiger partial charge in [-0.3, -0.25) is 4.79 Å². The van der Waals surface area contributed by atoms with Crippen LogP contribution in [0.25, 0.3) is 11.1 Å². The van der Waals surface area contributed by atoms with Gasteiger partial charge >= 0.3 is 0 Å². The Hall–Kier alpha value is -1.49. The van der Waals surface area contributed by atoms with Gasteiger partial charge in [0, 0.05) is 23.7 Å². The molecular formula is C21H23ClN2OS. The zero-order valence-electron chi connectivity index (χ0n) is 14.6. The molecule has 0 bridgehead atoms. The van der Waals surface area contributed by atoms with Gasteiger partial charge in [0.2, 0.25) is 5.91 Å². The van der Waals surface area contributed by atoms with Gasteiger partial charge in [0.1, 0.15) is 5.25 Å². The highest BCUT2D eigenvalue weighted by Gasteiger charge is 2.29. The van der Waals surface area contributed by atoms with E-state index in [9.17, 15) is 4.79 Å². The fraction of sp³-hybridized carbons (Fsp3) is 0.381. The van der Waals surface area contributed by atoms with Crippen molar-refractivity contribution in [3.05, 3.63) is 59.1 Å². The van der Waals surface area contributed by atoms with E-state index in [4.69, 9.17) is 11.6 Å². The highest BCUT2D eigenvalue weighted by molar-refractivity contribution is 8.00. The van der Waals surface area contributed by atoms with Crippen LogP contribution in [0.2, 0.25) is 5.02 Å². The van der Waals surface area contributed by atoms with Crippen LogP contribution in [0, 0.1) is 0 Å². The maximum Gasteiger partial charge on any atom is 0.237 e. The number of hydrogen-bond donors (Lipinski definition) is 2. The Morgan fingerprint density at radius 3 is 2.65 bits per heavy atom. The number of carbonyl (C=O) groups is 1. The first-order chi connectivity index (χ1) is 12.7. The van der Waals surface area contributed by atoms with Crippen LogP contribution in [0.15, 0.2) is 48.5 Å². The lowest BCUT2D eigenvalue weighted by atomic mass is 10.0. The second-order valence-electron chi connectivity index (χ2n) is 7.06. The summed E-state index contributed by atoms with van der Waals surface area (Å²) in [7, 11) is 0. The fourth-order valence-electron chi connectivity index (χ4n) is 3.27. The van der Waals surface area contributed by atoms with Crippen molar-refractivity contribution < 1.29 is 4.79 Å². The van der Waals surface area contributed by atoms with E-state index in [0.29, 0.717) is 6.04 Å². The standard InChI is InChI=1S/C21H23ClN2OS/c22-17-6-4-14(5-7-17)15-2-1-3-16(12-15)20-21(25)24-19(10-11-26-20)13-23-18-8-9-18/h1-7,12,18-20,23H,8-11,13H2,(H,24,25)/t19-,20+/m0/s1. The third-order valence-corrected chi connectivity index (χ3v) is 6.48. The van der Waals surface area contributed by atoms with E-state index < -0.39 is 0 Å². The largest absolute Gasteiger partial charge is 0.351 e. The number of benzene rings is 2. The minimum Gasteiger partial charge on any atom is -0.351 e. The van der Waals surface area contributed by atoms with Crippen LogP contribution in [0.1, 0.15) is 30.1 Å². The minimum absolute atomic E-state index is 0.128. The molecular weight excluding hydrogens is 364 g/mol. The maximum absolute atomic E-state index is 12.8. The number of carbonyl (C=O) groups excluding carboxylic acids is 1. The first-order valence-corrected chi connectivity index (χ1v) is 10.6. The van der Waals surface area contributed by atoms with E-state index in [1.165, 1.54) is 12.8 Å². The molecule has 2 fully saturated rings. The average molecular weight is 387 g/mol. The summed E-state index contributed by atoms with van der Waals surface area (Å²) in [5, 5.41) is 7.35. The summed E-state index contributed by atoms with van der Waals surface area (Å²) in [4.78, 5) is 12.8. The van der Waals surface area contributed by atoms with Gasteiger partial charge < -0.3 is 10.6 Å². The number of hydrogen-bond acceptors (Lipinski definition) is 3. The van der Waals surface area contributed by atoms with E-state index in [2.05, 4.69) is 28.8 Å². The molecule has 136 valence electrons. The summed E-state index contributed by atoms with van der Waals surface area (Å²) in [6.07, 6.45) is 3.56. The molecule has 2 aromatic carbocycles. The van der Waals surface area contributed by atoms with E-state index in [1.54, 1.807) is 11.8 Å². The molecule has 0 unspecified atom stereocenters. The summed E-state index contributed by atoms with van der Waals surface area (Å²) in [5.74, 6) is 1.12. The van der Waals surface area contributed by atoms with E-state index >= 15 is 0 Å². The van der Waals surface area contributed by atoms with Gasteiger partial charge in [0.25, 0.3) is 0 Å². The first kappa shape index (κ1) is 17.9. The van der Waals surface area contributed by atoms with Gasteiger partial charge in [0.05, 0.1) is 0 Å². The zero-order chi connectivity index (χ0) is 17.9. The Bertz CT molecular complexity index is 776. The Balaban J connectivity index is 1.48. The molecule has 1 aliphatic carbocycles. The van der Waals surface area contributed by atoms with Crippen molar-refractivity contribution >= 4 is 29.3 Å². The summed E-state index contributed by atoms with van der Waals surface area (Å²) >= 11 is 7.73. The molecule has 26 heavy (non-hydrogen) atoms. The van der Waals surface area contributed by atoms with Crippen molar-refractivity contribution in [2.45, 2.75) is 36.6 Å². The molecule has 1 aliphatic heterocycles. The molecule has 1 saturated carbocycles. The highest BCUT2D eigenvalue weighted by Crippen LogP contribution is 2.34. The lowest BCUT2D eigenvalue weighted by Crippen LogP contribution is -2.42. The maximum atomic E-state index is 12.8. The molecule has 3 nitrogen and oxygen atoms in total. The zero-order valence-corrected chi connectivity index (χ0v) is 16.2. The van der Waals surface area contributed by atoms with E-state index in [0.717, 1.165) is 40.4 Å². The molecule has 5 heteroatoms. The van der Waals surface area contributed by atoms with Crippen LogP contribution in [0.5, 0.6) is 0 Å². The number of amides is 1. The van der Waals surface area contributed by atoms with E-state index in [1.807, 2.05) is 30.3 Å². The van der Waals surface area contributed by atoms with Crippen LogP contribution in [-0.4, -0.2) is 30.3 Å². The number of thioether (sulfide) groups is 1. The Morgan fingerprint density at radius 1 is 1.08 bits per heavy atom. The molecule has 0 spiro atoms. The molecule has 2 N–H and O–H groups in total. The third kappa shape index (κ3) is 4.43. The Morgan fingerprint density at radius 2 is 1.88 bits per heavy atom. The molecule has 2 aliphatic rings. The van der Waals surface area contributed by atoms with Crippen LogP contribution in [-0.2, 0) is 4.79 Å². The minimum atomic E-state index is -0.145. The number of nitrogens with one attached hydrogen (secondary N) is 2. The molecule has 0 radical (unpaired) electrons. The predicted octanol–water partition coefficient (Wildman–Crippen LogP) is 4.42. The summed E-state index contributed by atoms with van der Waals surface area (Å²) < 4.78 is 0. The third-order valence-electron chi connectivity index (χ3n) is 4.93. The van der Waals surface area contributed by atoms with Gasteiger partial charge in [-0.1, -0.05) is 41.9 Å². The summed E-state index contributed by atoms with van der Waals surface area (Å²) in [6.45, 7) is 0.883. The van der Waals surface area contributed by atoms with Crippen molar-refractivity contribution in [1.29, 1.82) is 0 Å². The molecule has 2 aromatic rings. The SMILES string of the molecule is O=C1N[C@H](CNC2CC2)CCS[C@@H]1c1cccc(-c2ccc(Cl)cc2)c1. The summed E-state index contributed by atoms with van der Waals surface area (Å²) in [6, 6.07) is 17.0. The van der Waals surface area contributed by atoms with Gasteiger partial charge in [0.15, 0.2) is 0 Å². The lowest BCUT2D eigenvalue weighted by Gasteiger charge is -2.18. The molecule has 1 heterocycles. The number of halogens is 1. The first-order valence-electron chi connectivity index (χ1n) is 9.20. The monoisotopic (exact) mass is 386 g/mol. The van der Waals surface area contributed by atoms with Gasteiger partial charge in [-0.25, -0.2) is 0 Å². The van der Waals surface area contributed by atoms with Crippen molar-refractivity contribution in [2.24, 2.45) is 0 Å². The molecule has 0 aromatic heterocycles. The fourth-order valence-corrected chi connectivity index (χ4v) is 4.61. The van der Waals surface area contributed by atoms with Gasteiger partial charge in [-0.05, 0) is 59.9 Å². The summed E-state index contributed by atoms with van der Waals surface area (Å²) in [5.41, 5.74) is 3.29. The predicted molar refractivity (Wildman–Crippen MR) is 110 cm³/mol. The van der Waals surface area contributed by atoms with Crippen molar-refractivity contribution in [3.63, 3.8) is 0 Å². The second-order valence-corrected chi connectivity index (χ2v) is 8.71. The van der Waals surface area contributed by atoms with Crippen molar-refractivity contribution in [1.82, 2.24) is 10.6 Å². The van der Waals surface area contributed by atoms with Gasteiger partial charge in [-0.2, -0.15) is 0 Å².